The number of amides is 3. The molecule has 0 saturated carbocycles. The van der Waals surface area contributed by atoms with Gasteiger partial charge in [0.1, 0.15) is 18.4 Å². The molecular weight excluding hydrogens is 416 g/mol. The molecule has 10 heteroatoms. The van der Waals surface area contributed by atoms with Crippen molar-refractivity contribution in [2.75, 3.05) is 39.5 Å². The van der Waals surface area contributed by atoms with Crippen molar-refractivity contribution in [3.05, 3.63) is 29.3 Å². The molecule has 3 aliphatic rings. The predicted octanol–water partition coefficient (Wildman–Crippen LogP) is 0.138. The first-order valence-electron chi connectivity index (χ1n) is 10.7. The number of Topliss-reactive ketones (excluding diaryl/α,β-unsaturated/α-hetero) is 1. The van der Waals surface area contributed by atoms with Gasteiger partial charge in [-0.3, -0.25) is 29.4 Å². The van der Waals surface area contributed by atoms with Crippen molar-refractivity contribution < 1.29 is 28.7 Å². The fraction of sp³-hybridized carbons (Fsp3) is 0.500. The summed E-state index contributed by atoms with van der Waals surface area (Å²) in [6.45, 7) is 3.08. The van der Waals surface area contributed by atoms with E-state index in [4.69, 9.17) is 14.9 Å². The molecule has 0 bridgehead atoms. The Morgan fingerprint density at radius 2 is 2.00 bits per heavy atom. The van der Waals surface area contributed by atoms with Gasteiger partial charge in [-0.2, -0.15) is 0 Å². The molecule has 3 amide bonds. The molecule has 3 aliphatic heterocycles. The number of carbonyl (C=O) groups excluding carboxylic acids is 4. The van der Waals surface area contributed by atoms with Crippen molar-refractivity contribution in [1.29, 1.82) is 5.41 Å². The zero-order chi connectivity index (χ0) is 22.7. The third-order valence-electron chi connectivity index (χ3n) is 5.86. The average molecular weight is 442 g/mol. The van der Waals surface area contributed by atoms with Crippen LogP contribution in [-0.2, 0) is 25.7 Å². The number of ketones is 1. The molecule has 170 valence electrons. The van der Waals surface area contributed by atoms with E-state index in [1.807, 2.05) is 4.90 Å². The normalized spacial score (nSPS) is 21.3. The minimum Gasteiger partial charge on any atom is -0.487 e. The van der Waals surface area contributed by atoms with Gasteiger partial charge in [0.15, 0.2) is 5.78 Å². The van der Waals surface area contributed by atoms with Crippen LogP contribution in [0.25, 0.3) is 0 Å². The lowest BCUT2D eigenvalue weighted by Gasteiger charge is -2.29. The van der Waals surface area contributed by atoms with Crippen LogP contribution in [0.15, 0.2) is 18.2 Å². The zero-order valence-corrected chi connectivity index (χ0v) is 17.7. The van der Waals surface area contributed by atoms with Gasteiger partial charge in [-0.1, -0.05) is 6.07 Å². The average Bonchev–Trinajstić information content (AvgIpc) is 3.10. The van der Waals surface area contributed by atoms with E-state index in [1.165, 1.54) is 4.90 Å². The van der Waals surface area contributed by atoms with Gasteiger partial charge in [-0.25, -0.2) is 0 Å². The van der Waals surface area contributed by atoms with E-state index in [2.05, 4.69) is 5.32 Å². The minimum atomic E-state index is -0.698. The summed E-state index contributed by atoms with van der Waals surface area (Å²) < 4.78 is 11.1. The number of rotatable bonds is 8. The van der Waals surface area contributed by atoms with Crippen LogP contribution in [-0.4, -0.2) is 84.5 Å². The molecule has 3 heterocycles. The molecule has 2 fully saturated rings. The third-order valence-corrected chi connectivity index (χ3v) is 5.86. The largest absolute Gasteiger partial charge is 0.487 e. The Morgan fingerprint density at radius 3 is 2.75 bits per heavy atom. The quantitative estimate of drug-likeness (QED) is 0.433. The highest BCUT2D eigenvalue weighted by Gasteiger charge is 2.40. The molecule has 1 unspecified atom stereocenters. The summed E-state index contributed by atoms with van der Waals surface area (Å²) in [6.07, 6.45) is 0.486. The topological polar surface area (TPSA) is 129 Å². The van der Waals surface area contributed by atoms with Crippen molar-refractivity contribution >= 4 is 29.2 Å². The van der Waals surface area contributed by atoms with Crippen molar-refractivity contribution in [2.24, 2.45) is 0 Å². The van der Waals surface area contributed by atoms with Gasteiger partial charge in [0, 0.05) is 37.1 Å². The lowest BCUT2D eigenvalue weighted by molar-refractivity contribution is -0.137. The Morgan fingerprint density at radius 1 is 1.22 bits per heavy atom. The predicted molar refractivity (Wildman–Crippen MR) is 113 cm³/mol. The van der Waals surface area contributed by atoms with Gasteiger partial charge in [-0.05, 0) is 18.6 Å². The van der Waals surface area contributed by atoms with E-state index in [0.717, 1.165) is 0 Å². The molecule has 1 aromatic carbocycles. The number of morpholine rings is 1. The number of fused-ring (bicyclic) bond motifs is 1. The zero-order valence-electron chi connectivity index (χ0n) is 17.7. The highest BCUT2D eigenvalue weighted by molar-refractivity contribution is 6.06. The first kappa shape index (κ1) is 22.1. The van der Waals surface area contributed by atoms with E-state index in [0.29, 0.717) is 49.7 Å². The highest BCUT2D eigenvalue weighted by Crippen LogP contribution is 2.33. The molecule has 0 aromatic heterocycles. The molecule has 2 N–H and O–H groups in total. The highest BCUT2D eigenvalue weighted by atomic mass is 16.5. The summed E-state index contributed by atoms with van der Waals surface area (Å²) >= 11 is 0. The van der Waals surface area contributed by atoms with Crippen LogP contribution in [0, 0.1) is 5.41 Å². The number of ether oxygens (including phenoxy) is 2. The second kappa shape index (κ2) is 9.58. The summed E-state index contributed by atoms with van der Waals surface area (Å²) in [5, 5.41) is 10.4. The van der Waals surface area contributed by atoms with Gasteiger partial charge in [-0.15, -0.1) is 0 Å². The summed E-state index contributed by atoms with van der Waals surface area (Å²) in [4.78, 5) is 52.2. The number of nitrogens with zero attached hydrogens (tertiary/aromatic N) is 2. The SMILES string of the molecule is N=C(COc1cccc2c1CN(C1CCC(=O)NC1=O)C2=O)CC(=O)CN1CCOCC1. The Bertz CT molecular complexity index is 956. The molecule has 1 aromatic rings. The fourth-order valence-electron chi connectivity index (χ4n) is 4.21. The molecule has 10 nitrogen and oxygen atoms in total. The van der Waals surface area contributed by atoms with Crippen LogP contribution in [0.3, 0.4) is 0 Å². The van der Waals surface area contributed by atoms with Gasteiger partial charge in [0.2, 0.25) is 11.8 Å². The second-order valence-corrected chi connectivity index (χ2v) is 8.18. The van der Waals surface area contributed by atoms with Crippen LogP contribution >= 0.6 is 0 Å². The smallest absolute Gasteiger partial charge is 0.255 e. The van der Waals surface area contributed by atoms with Crippen molar-refractivity contribution in [3.63, 3.8) is 0 Å². The second-order valence-electron chi connectivity index (χ2n) is 8.18. The lowest BCUT2D eigenvalue weighted by Crippen LogP contribution is -2.52. The van der Waals surface area contributed by atoms with E-state index in [9.17, 15) is 19.2 Å². The van der Waals surface area contributed by atoms with Crippen LogP contribution < -0.4 is 10.1 Å². The molecule has 0 radical (unpaired) electrons. The first-order valence-corrected chi connectivity index (χ1v) is 10.7. The third kappa shape index (κ3) is 4.86. The summed E-state index contributed by atoms with van der Waals surface area (Å²) in [5.41, 5.74) is 1.25. The van der Waals surface area contributed by atoms with E-state index >= 15 is 0 Å². The fourth-order valence-corrected chi connectivity index (χ4v) is 4.21. The van der Waals surface area contributed by atoms with Gasteiger partial charge in [0.25, 0.3) is 5.91 Å². The number of imide groups is 1. The van der Waals surface area contributed by atoms with Gasteiger partial charge >= 0.3 is 0 Å². The lowest BCUT2D eigenvalue weighted by atomic mass is 10.0. The summed E-state index contributed by atoms with van der Waals surface area (Å²) in [7, 11) is 0. The minimum absolute atomic E-state index is 0.00765. The summed E-state index contributed by atoms with van der Waals surface area (Å²) in [5.74, 6) is -0.670. The molecule has 32 heavy (non-hydrogen) atoms. The molecule has 1 atom stereocenters. The Balaban J connectivity index is 1.34. The van der Waals surface area contributed by atoms with Crippen LogP contribution in [0.2, 0.25) is 0 Å². The maximum Gasteiger partial charge on any atom is 0.255 e. The molecular formula is C22H26N4O6. The van der Waals surface area contributed by atoms with E-state index < -0.39 is 11.9 Å². The number of hydrogen-bond donors (Lipinski definition) is 2. The van der Waals surface area contributed by atoms with Gasteiger partial charge < -0.3 is 19.8 Å². The monoisotopic (exact) mass is 442 g/mol. The maximum absolute atomic E-state index is 12.9. The number of nitrogens with one attached hydrogen (secondary N) is 2. The molecule has 0 aliphatic carbocycles. The van der Waals surface area contributed by atoms with Crippen LogP contribution in [0.1, 0.15) is 35.2 Å². The molecule has 4 rings (SSSR count). The molecule has 2 saturated heterocycles. The summed E-state index contributed by atoms with van der Waals surface area (Å²) in [6, 6.07) is 4.38. The van der Waals surface area contributed by atoms with Crippen molar-refractivity contribution in [2.45, 2.75) is 31.8 Å². The van der Waals surface area contributed by atoms with Crippen LogP contribution in [0.5, 0.6) is 5.75 Å². The van der Waals surface area contributed by atoms with Crippen molar-refractivity contribution in [1.82, 2.24) is 15.1 Å². The number of piperidine rings is 1. The first-order chi connectivity index (χ1) is 15.4. The number of hydrogen-bond acceptors (Lipinski definition) is 8. The van der Waals surface area contributed by atoms with E-state index in [1.54, 1.807) is 18.2 Å². The number of carbonyl (C=O) groups is 4. The Labute approximate surface area is 185 Å². The maximum atomic E-state index is 12.9. The Hall–Kier alpha value is -3.11. The van der Waals surface area contributed by atoms with E-state index in [-0.39, 0.29) is 55.7 Å². The molecule has 0 spiro atoms. The standard InChI is InChI=1S/C22H26N4O6/c23-14(10-15(27)11-25-6-8-31-9-7-25)13-32-19-3-1-2-16-17(19)12-26(22(16)30)18-4-5-20(28)24-21(18)29/h1-3,18,23H,4-13H2,(H,24,28,29). The van der Waals surface area contributed by atoms with Gasteiger partial charge in [0.05, 0.1) is 32.0 Å². The Kier molecular flexibility index (Phi) is 6.61. The number of benzene rings is 1. The van der Waals surface area contributed by atoms with Crippen LogP contribution in [0.4, 0.5) is 0 Å². The van der Waals surface area contributed by atoms with Crippen molar-refractivity contribution in [3.8, 4) is 5.75 Å².